The zero-order chi connectivity index (χ0) is 17.3. The van der Waals surface area contributed by atoms with Gasteiger partial charge in [0.05, 0.1) is 6.67 Å². The highest BCUT2D eigenvalue weighted by molar-refractivity contribution is 5.93. The Morgan fingerprint density at radius 1 is 1.00 bits per heavy atom. The van der Waals surface area contributed by atoms with Gasteiger partial charge in [-0.2, -0.15) is 0 Å². The van der Waals surface area contributed by atoms with Gasteiger partial charge in [-0.05, 0) is 37.5 Å². The van der Waals surface area contributed by atoms with E-state index in [2.05, 4.69) is 76.6 Å². The summed E-state index contributed by atoms with van der Waals surface area (Å²) in [4.78, 5) is 17.4. The molecule has 2 aromatic rings. The van der Waals surface area contributed by atoms with Gasteiger partial charge in [0, 0.05) is 25.3 Å². The van der Waals surface area contributed by atoms with Crippen molar-refractivity contribution in [2.45, 2.75) is 31.8 Å². The van der Waals surface area contributed by atoms with E-state index in [1.54, 1.807) is 0 Å². The van der Waals surface area contributed by atoms with Crippen molar-refractivity contribution in [1.82, 2.24) is 10.2 Å². The fourth-order valence-corrected chi connectivity index (χ4v) is 4.07. The number of likely N-dealkylation sites (tertiary alicyclic amines) is 1. The van der Waals surface area contributed by atoms with E-state index < -0.39 is 0 Å². The molecule has 25 heavy (non-hydrogen) atoms. The quantitative estimate of drug-likeness (QED) is 0.937. The van der Waals surface area contributed by atoms with Crippen molar-refractivity contribution < 1.29 is 4.79 Å². The molecule has 0 unspecified atom stereocenters. The number of nitrogens with one attached hydrogen (secondary N) is 1. The highest BCUT2D eigenvalue weighted by atomic mass is 16.2. The summed E-state index contributed by atoms with van der Waals surface area (Å²) in [7, 11) is 0. The number of aryl methyl sites for hydroxylation is 1. The summed E-state index contributed by atoms with van der Waals surface area (Å²) in [5.41, 5.74) is 3.33. The van der Waals surface area contributed by atoms with E-state index in [1.807, 2.05) is 0 Å². The second-order valence-electron chi connectivity index (χ2n) is 7.22. The summed E-state index contributed by atoms with van der Waals surface area (Å²) in [5.74, 6) is 0.187. The summed E-state index contributed by atoms with van der Waals surface area (Å²) < 4.78 is 0. The molecule has 4 nitrogen and oxygen atoms in total. The highest BCUT2D eigenvalue weighted by Crippen LogP contribution is 2.36. The van der Waals surface area contributed by atoms with Gasteiger partial charge >= 0.3 is 0 Å². The van der Waals surface area contributed by atoms with Crippen LogP contribution in [0.4, 0.5) is 5.69 Å². The first kappa shape index (κ1) is 16.2. The number of piperidine rings is 1. The lowest BCUT2D eigenvalue weighted by atomic mass is 9.85. The molecule has 4 heteroatoms. The number of rotatable bonds is 3. The van der Waals surface area contributed by atoms with Gasteiger partial charge in [0.2, 0.25) is 5.91 Å². The van der Waals surface area contributed by atoms with Crippen molar-refractivity contribution >= 4 is 11.6 Å². The molecule has 0 radical (unpaired) electrons. The largest absolute Gasteiger partial charge is 0.339 e. The smallest absolute Gasteiger partial charge is 0.247 e. The van der Waals surface area contributed by atoms with Gasteiger partial charge in [0.1, 0.15) is 5.54 Å². The van der Waals surface area contributed by atoms with E-state index in [-0.39, 0.29) is 11.4 Å². The summed E-state index contributed by atoms with van der Waals surface area (Å²) in [6, 6.07) is 19.1. The van der Waals surface area contributed by atoms with Crippen molar-refractivity contribution in [3.63, 3.8) is 0 Å². The summed E-state index contributed by atoms with van der Waals surface area (Å²) in [6.07, 6.45) is 1.75. The molecule has 2 saturated heterocycles. The van der Waals surface area contributed by atoms with E-state index in [9.17, 15) is 4.79 Å². The molecule has 4 rings (SSSR count). The Morgan fingerprint density at radius 2 is 1.68 bits per heavy atom. The third-order valence-electron chi connectivity index (χ3n) is 5.61. The van der Waals surface area contributed by atoms with Crippen LogP contribution in [0.25, 0.3) is 0 Å². The first-order valence-electron chi connectivity index (χ1n) is 9.06. The minimum absolute atomic E-state index is 0.187. The van der Waals surface area contributed by atoms with Gasteiger partial charge in [-0.1, -0.05) is 48.0 Å². The predicted octanol–water partition coefficient (Wildman–Crippen LogP) is 2.92. The molecule has 0 bridgehead atoms. The second-order valence-corrected chi connectivity index (χ2v) is 7.22. The Balaban J connectivity index is 1.49. The molecule has 2 aliphatic rings. The van der Waals surface area contributed by atoms with E-state index >= 15 is 0 Å². The van der Waals surface area contributed by atoms with E-state index in [0.717, 1.165) is 38.2 Å². The Kier molecular flexibility index (Phi) is 4.22. The number of carbonyl (C=O) groups excluding carboxylic acids is 1. The molecule has 2 heterocycles. The van der Waals surface area contributed by atoms with Gasteiger partial charge in [-0.15, -0.1) is 0 Å². The minimum Gasteiger partial charge on any atom is -0.339 e. The average molecular weight is 335 g/mol. The molecule has 2 fully saturated rings. The molecule has 0 aromatic heterocycles. The van der Waals surface area contributed by atoms with Crippen molar-refractivity contribution in [2.75, 3.05) is 24.7 Å². The summed E-state index contributed by atoms with van der Waals surface area (Å²) in [6.45, 7) is 5.56. The van der Waals surface area contributed by atoms with E-state index in [0.29, 0.717) is 6.67 Å². The Labute approximate surface area is 149 Å². The maximum Gasteiger partial charge on any atom is 0.247 e. The molecule has 1 N–H and O–H groups in total. The fourth-order valence-electron chi connectivity index (χ4n) is 4.07. The van der Waals surface area contributed by atoms with Crippen LogP contribution in [-0.2, 0) is 11.3 Å². The van der Waals surface area contributed by atoms with E-state index in [4.69, 9.17) is 0 Å². The summed E-state index contributed by atoms with van der Waals surface area (Å²) in [5, 5.41) is 3.08. The lowest BCUT2D eigenvalue weighted by molar-refractivity contribution is -0.125. The lowest BCUT2D eigenvalue weighted by Crippen LogP contribution is -2.56. The number of carbonyl (C=O) groups is 1. The number of anilines is 1. The number of hydrogen-bond acceptors (Lipinski definition) is 3. The van der Waals surface area contributed by atoms with Crippen molar-refractivity contribution in [3.05, 3.63) is 65.7 Å². The lowest BCUT2D eigenvalue weighted by Gasteiger charge is -2.43. The molecule has 130 valence electrons. The van der Waals surface area contributed by atoms with Gasteiger partial charge in [-0.3, -0.25) is 9.69 Å². The van der Waals surface area contributed by atoms with Crippen LogP contribution in [0.15, 0.2) is 54.6 Å². The van der Waals surface area contributed by atoms with Crippen LogP contribution >= 0.6 is 0 Å². The van der Waals surface area contributed by atoms with Gasteiger partial charge in [-0.25, -0.2) is 0 Å². The predicted molar refractivity (Wildman–Crippen MR) is 100 cm³/mol. The first-order chi connectivity index (χ1) is 12.2. The van der Waals surface area contributed by atoms with Crippen LogP contribution in [0.1, 0.15) is 24.0 Å². The third-order valence-corrected chi connectivity index (χ3v) is 5.61. The normalized spacial score (nSPS) is 20.0. The minimum atomic E-state index is -0.386. The first-order valence-corrected chi connectivity index (χ1v) is 9.06. The monoisotopic (exact) mass is 335 g/mol. The van der Waals surface area contributed by atoms with Crippen LogP contribution in [0.2, 0.25) is 0 Å². The number of benzene rings is 2. The van der Waals surface area contributed by atoms with Crippen LogP contribution in [0.5, 0.6) is 0 Å². The van der Waals surface area contributed by atoms with Gasteiger partial charge < -0.3 is 10.2 Å². The van der Waals surface area contributed by atoms with E-state index in [1.165, 1.54) is 11.1 Å². The number of amides is 1. The molecule has 1 amide bonds. The van der Waals surface area contributed by atoms with Crippen molar-refractivity contribution in [2.24, 2.45) is 0 Å². The van der Waals surface area contributed by atoms with Crippen LogP contribution < -0.4 is 10.2 Å². The topological polar surface area (TPSA) is 35.6 Å². The standard InChI is InChI=1S/C21H25N3O/c1-17-7-9-19(10-8-17)24-16-22-20(25)21(24)11-13-23(14-12-21)15-18-5-3-2-4-6-18/h2-10H,11-16H2,1H3,(H,22,25). The van der Waals surface area contributed by atoms with Crippen LogP contribution in [-0.4, -0.2) is 36.1 Å². The molecular formula is C21H25N3O. The molecule has 1 spiro atoms. The van der Waals surface area contributed by atoms with Crippen LogP contribution in [0.3, 0.4) is 0 Å². The molecule has 0 aliphatic carbocycles. The van der Waals surface area contributed by atoms with Crippen molar-refractivity contribution in [3.8, 4) is 0 Å². The Hall–Kier alpha value is -2.33. The maximum absolute atomic E-state index is 12.7. The van der Waals surface area contributed by atoms with Crippen molar-refractivity contribution in [1.29, 1.82) is 0 Å². The third kappa shape index (κ3) is 3.02. The fraction of sp³-hybridized carbons (Fsp3) is 0.381. The molecule has 2 aliphatic heterocycles. The summed E-state index contributed by atoms with van der Waals surface area (Å²) >= 11 is 0. The molecule has 2 aromatic carbocycles. The Bertz CT molecular complexity index is 733. The van der Waals surface area contributed by atoms with Gasteiger partial charge in [0.25, 0.3) is 0 Å². The highest BCUT2D eigenvalue weighted by Gasteiger charge is 2.50. The van der Waals surface area contributed by atoms with Gasteiger partial charge in [0.15, 0.2) is 0 Å². The SMILES string of the molecule is Cc1ccc(N2CNC(=O)C23CCN(Cc2ccccc2)CC3)cc1. The number of hydrogen-bond donors (Lipinski definition) is 1. The Morgan fingerprint density at radius 3 is 2.36 bits per heavy atom. The average Bonchev–Trinajstić information content (AvgIpc) is 2.95. The molecule has 0 atom stereocenters. The number of nitrogens with zero attached hydrogens (tertiary/aromatic N) is 2. The molecular weight excluding hydrogens is 310 g/mol. The second kappa shape index (κ2) is 6.52. The zero-order valence-electron chi connectivity index (χ0n) is 14.7. The maximum atomic E-state index is 12.7. The zero-order valence-corrected chi connectivity index (χ0v) is 14.7. The van der Waals surface area contributed by atoms with Crippen LogP contribution in [0, 0.1) is 6.92 Å². The molecule has 0 saturated carbocycles.